The largest absolute Gasteiger partial charge is 0.357 e. The second-order valence-corrected chi connectivity index (χ2v) is 7.93. The van der Waals surface area contributed by atoms with Gasteiger partial charge in [-0.2, -0.15) is 0 Å². The summed E-state index contributed by atoms with van der Waals surface area (Å²) in [7, 11) is 1.82. The second-order valence-electron chi connectivity index (χ2n) is 7.93. The third-order valence-electron chi connectivity index (χ3n) is 5.86. The van der Waals surface area contributed by atoms with Gasteiger partial charge in [0.15, 0.2) is 5.96 Å². The number of amides is 1. The summed E-state index contributed by atoms with van der Waals surface area (Å²) < 4.78 is 0. The van der Waals surface area contributed by atoms with Gasteiger partial charge in [0.25, 0.3) is 0 Å². The number of benzene rings is 1. The van der Waals surface area contributed by atoms with E-state index < -0.39 is 0 Å². The van der Waals surface area contributed by atoms with Crippen LogP contribution >= 0.6 is 0 Å². The number of hydrogen-bond donors (Lipinski definition) is 2. The van der Waals surface area contributed by atoms with Crippen LogP contribution in [-0.4, -0.2) is 55.0 Å². The van der Waals surface area contributed by atoms with Gasteiger partial charge in [-0.3, -0.25) is 9.78 Å². The lowest BCUT2D eigenvalue weighted by Gasteiger charge is -2.43. The zero-order valence-corrected chi connectivity index (χ0v) is 18.1. The predicted molar refractivity (Wildman–Crippen MR) is 122 cm³/mol. The molecule has 1 aliphatic carbocycles. The minimum Gasteiger partial charge on any atom is -0.357 e. The third-order valence-corrected chi connectivity index (χ3v) is 5.86. The quantitative estimate of drug-likeness (QED) is 0.495. The van der Waals surface area contributed by atoms with Crippen LogP contribution in [-0.2, 0) is 16.6 Å². The summed E-state index contributed by atoms with van der Waals surface area (Å²) in [6.07, 6.45) is 6.13. The molecule has 0 spiro atoms. The number of aromatic nitrogens is 1. The number of nitrogens with one attached hydrogen (secondary N) is 2. The number of likely N-dealkylation sites (N-methyl/N-ethyl adjacent to an activating group) is 1. The third kappa shape index (κ3) is 5.81. The highest BCUT2D eigenvalue weighted by atomic mass is 16.2. The van der Waals surface area contributed by atoms with Crippen LogP contribution in [0.1, 0.15) is 37.4 Å². The summed E-state index contributed by atoms with van der Waals surface area (Å²) in [6.45, 7) is 4.38. The normalized spacial score (nSPS) is 15.2. The van der Waals surface area contributed by atoms with E-state index in [9.17, 15) is 4.79 Å². The molecule has 2 N–H and O–H groups in total. The number of carbonyl (C=O) groups is 1. The van der Waals surface area contributed by atoms with Crippen LogP contribution in [0.5, 0.6) is 0 Å². The Hall–Kier alpha value is -2.89. The van der Waals surface area contributed by atoms with Crippen molar-refractivity contribution < 1.29 is 4.79 Å². The zero-order valence-electron chi connectivity index (χ0n) is 18.1. The van der Waals surface area contributed by atoms with Crippen LogP contribution in [0.4, 0.5) is 0 Å². The van der Waals surface area contributed by atoms with Crippen molar-refractivity contribution in [3.63, 3.8) is 0 Å². The molecular weight excluding hydrogens is 374 g/mol. The van der Waals surface area contributed by atoms with Gasteiger partial charge in [-0.1, -0.05) is 42.8 Å². The highest BCUT2D eigenvalue weighted by Gasteiger charge is 2.38. The molecule has 3 rings (SSSR count). The lowest BCUT2D eigenvalue weighted by Crippen LogP contribution is -2.49. The van der Waals surface area contributed by atoms with Crippen LogP contribution in [0.25, 0.3) is 0 Å². The highest BCUT2D eigenvalue weighted by molar-refractivity contribution is 5.85. The van der Waals surface area contributed by atoms with Gasteiger partial charge >= 0.3 is 0 Å². The smallest absolute Gasteiger partial charge is 0.244 e. The van der Waals surface area contributed by atoms with Crippen LogP contribution in [0, 0.1) is 0 Å². The Bertz CT molecular complexity index is 818. The van der Waals surface area contributed by atoms with Crippen molar-refractivity contribution in [1.29, 1.82) is 0 Å². The molecule has 6 nitrogen and oxygen atoms in total. The summed E-state index contributed by atoms with van der Waals surface area (Å²) >= 11 is 0. The van der Waals surface area contributed by atoms with Gasteiger partial charge in [-0.05, 0) is 37.5 Å². The molecule has 0 aliphatic heterocycles. The van der Waals surface area contributed by atoms with Crippen molar-refractivity contribution in [2.45, 2.75) is 38.0 Å². The van der Waals surface area contributed by atoms with E-state index in [1.165, 1.54) is 24.8 Å². The molecule has 1 amide bonds. The van der Waals surface area contributed by atoms with Crippen molar-refractivity contribution in [1.82, 2.24) is 20.5 Å². The van der Waals surface area contributed by atoms with Gasteiger partial charge in [-0.25, -0.2) is 4.99 Å². The number of hydrogen-bond acceptors (Lipinski definition) is 3. The van der Waals surface area contributed by atoms with Crippen molar-refractivity contribution in [3.8, 4) is 0 Å². The summed E-state index contributed by atoms with van der Waals surface area (Å²) in [5.41, 5.74) is 2.54. The molecular formula is C24H33N5O. The molecule has 0 radical (unpaired) electrons. The lowest BCUT2D eigenvalue weighted by atomic mass is 9.64. The molecule has 1 heterocycles. The molecule has 1 fully saturated rings. The van der Waals surface area contributed by atoms with E-state index in [0.29, 0.717) is 12.5 Å². The molecule has 6 heteroatoms. The second kappa shape index (κ2) is 10.8. The summed E-state index contributed by atoms with van der Waals surface area (Å²) in [5.74, 6) is 0.704. The molecule has 0 atom stereocenters. The summed E-state index contributed by atoms with van der Waals surface area (Å²) in [6, 6.07) is 16.5. The highest BCUT2D eigenvalue weighted by Crippen LogP contribution is 2.43. The van der Waals surface area contributed by atoms with E-state index >= 15 is 0 Å². The molecule has 1 saturated carbocycles. The molecule has 0 bridgehead atoms. The maximum absolute atomic E-state index is 12.5. The molecule has 0 unspecified atom stereocenters. The van der Waals surface area contributed by atoms with Gasteiger partial charge in [0.1, 0.15) is 6.54 Å². The van der Waals surface area contributed by atoms with Crippen LogP contribution in [0.2, 0.25) is 0 Å². The Kier molecular flexibility index (Phi) is 7.82. The molecule has 0 saturated heterocycles. The summed E-state index contributed by atoms with van der Waals surface area (Å²) in [5, 5.41) is 6.74. The molecule has 1 aromatic carbocycles. The maximum Gasteiger partial charge on any atom is 0.244 e. The van der Waals surface area contributed by atoms with E-state index in [4.69, 9.17) is 0 Å². The first-order chi connectivity index (χ1) is 14.6. The zero-order chi connectivity index (χ0) is 21.2. The van der Waals surface area contributed by atoms with Gasteiger partial charge in [0, 0.05) is 50.4 Å². The number of rotatable bonds is 9. The fraction of sp³-hybridized carbons (Fsp3) is 0.458. The van der Waals surface area contributed by atoms with Crippen molar-refractivity contribution >= 4 is 11.9 Å². The molecule has 30 heavy (non-hydrogen) atoms. The fourth-order valence-electron chi connectivity index (χ4n) is 3.78. The van der Waals surface area contributed by atoms with E-state index in [1.807, 2.05) is 32.2 Å². The van der Waals surface area contributed by atoms with E-state index in [-0.39, 0.29) is 17.9 Å². The number of nitrogens with zero attached hydrogens (tertiary/aromatic N) is 3. The molecule has 1 aromatic heterocycles. The number of carbonyl (C=O) groups excluding carboxylic acids is 1. The lowest BCUT2D eigenvalue weighted by molar-refractivity contribution is -0.128. The average molecular weight is 408 g/mol. The fourth-order valence-corrected chi connectivity index (χ4v) is 3.78. The van der Waals surface area contributed by atoms with E-state index in [0.717, 1.165) is 25.2 Å². The summed E-state index contributed by atoms with van der Waals surface area (Å²) in [4.78, 5) is 23.1. The Morgan fingerprint density at radius 1 is 1.13 bits per heavy atom. The van der Waals surface area contributed by atoms with Gasteiger partial charge in [0.05, 0.1) is 0 Å². The van der Waals surface area contributed by atoms with Crippen LogP contribution < -0.4 is 10.6 Å². The van der Waals surface area contributed by atoms with Gasteiger partial charge in [0.2, 0.25) is 5.91 Å². The number of pyridine rings is 1. The average Bonchev–Trinajstić information content (AvgIpc) is 2.76. The Morgan fingerprint density at radius 2 is 1.90 bits per heavy atom. The van der Waals surface area contributed by atoms with Crippen molar-refractivity contribution in [3.05, 3.63) is 66.0 Å². The number of guanidine groups is 1. The topological polar surface area (TPSA) is 69.6 Å². The minimum atomic E-state index is 0.00421. The Labute approximate surface area is 179 Å². The maximum atomic E-state index is 12.5. The Morgan fingerprint density at radius 3 is 2.53 bits per heavy atom. The first-order valence-corrected chi connectivity index (χ1v) is 10.8. The van der Waals surface area contributed by atoms with Crippen molar-refractivity contribution in [2.75, 3.05) is 33.2 Å². The van der Waals surface area contributed by atoms with E-state index in [2.05, 4.69) is 50.9 Å². The van der Waals surface area contributed by atoms with Crippen LogP contribution in [0.15, 0.2) is 59.7 Å². The number of aliphatic imine (C=N–C) groups is 1. The van der Waals surface area contributed by atoms with E-state index in [1.54, 1.807) is 11.1 Å². The molecule has 160 valence electrons. The monoisotopic (exact) mass is 407 g/mol. The SMILES string of the molecule is CCNC(=NCC(=O)N(C)CCc1ccccn1)NCC1(c2ccccc2)CCC1. The first-order valence-electron chi connectivity index (χ1n) is 10.8. The first kappa shape index (κ1) is 21.8. The Balaban J connectivity index is 1.52. The predicted octanol–water partition coefficient (Wildman–Crippen LogP) is 2.76. The molecule has 1 aliphatic rings. The van der Waals surface area contributed by atoms with Crippen LogP contribution in [0.3, 0.4) is 0 Å². The molecule has 2 aromatic rings. The van der Waals surface area contributed by atoms with Gasteiger partial charge < -0.3 is 15.5 Å². The standard InChI is InChI=1S/C24H33N5O/c1-3-25-23(28-19-24(14-9-15-24)20-10-5-4-6-11-20)27-18-22(30)29(2)17-13-21-12-7-8-16-26-21/h4-8,10-12,16H,3,9,13-15,17-19H2,1-2H3,(H2,25,27,28). The minimum absolute atomic E-state index is 0.00421. The van der Waals surface area contributed by atoms with Crippen molar-refractivity contribution in [2.24, 2.45) is 4.99 Å². The van der Waals surface area contributed by atoms with Gasteiger partial charge in [-0.15, -0.1) is 0 Å².